The van der Waals surface area contributed by atoms with Crippen LogP contribution in [0.5, 0.6) is 0 Å². The fourth-order valence-electron chi connectivity index (χ4n) is 2.35. The van der Waals surface area contributed by atoms with Crippen LogP contribution in [0.4, 0.5) is 0 Å². The SMILES string of the molecule is Cc1noc(C)c1S(=O)(=O)N[C@@H]1COCC[C@@H]1OCCO. The molecule has 2 heterocycles. The number of nitrogens with zero attached hydrogens (tertiary/aromatic N) is 1. The monoisotopic (exact) mass is 320 g/mol. The summed E-state index contributed by atoms with van der Waals surface area (Å²) in [6.45, 7) is 3.89. The Labute approximate surface area is 123 Å². The van der Waals surface area contributed by atoms with E-state index < -0.39 is 16.1 Å². The molecule has 0 saturated carbocycles. The van der Waals surface area contributed by atoms with Crippen molar-refractivity contribution in [2.24, 2.45) is 0 Å². The fraction of sp³-hybridized carbons (Fsp3) is 0.750. The quantitative estimate of drug-likeness (QED) is 0.742. The van der Waals surface area contributed by atoms with Crippen molar-refractivity contribution in [3.63, 3.8) is 0 Å². The van der Waals surface area contributed by atoms with E-state index in [1.165, 1.54) is 0 Å². The van der Waals surface area contributed by atoms with E-state index in [4.69, 9.17) is 19.1 Å². The van der Waals surface area contributed by atoms with E-state index in [0.717, 1.165) is 0 Å². The molecule has 9 heteroatoms. The predicted octanol–water partition coefficient (Wildman–Crippen LogP) is -0.264. The lowest BCUT2D eigenvalue weighted by Gasteiger charge is -2.31. The molecule has 120 valence electrons. The average molecular weight is 320 g/mol. The van der Waals surface area contributed by atoms with Gasteiger partial charge in [0.15, 0.2) is 5.76 Å². The van der Waals surface area contributed by atoms with E-state index in [9.17, 15) is 8.42 Å². The van der Waals surface area contributed by atoms with Gasteiger partial charge in [0.25, 0.3) is 0 Å². The zero-order chi connectivity index (χ0) is 15.5. The smallest absolute Gasteiger partial charge is 0.246 e. The Morgan fingerprint density at radius 1 is 1.48 bits per heavy atom. The summed E-state index contributed by atoms with van der Waals surface area (Å²) in [5, 5.41) is 12.5. The minimum Gasteiger partial charge on any atom is -0.394 e. The summed E-state index contributed by atoms with van der Waals surface area (Å²) in [5.41, 5.74) is 0.310. The molecule has 1 aromatic heterocycles. The van der Waals surface area contributed by atoms with Crippen LogP contribution in [0.25, 0.3) is 0 Å². The van der Waals surface area contributed by atoms with Gasteiger partial charge in [-0.25, -0.2) is 13.1 Å². The Hall–Kier alpha value is -1.00. The number of aryl methyl sites for hydroxylation is 2. The molecule has 0 aliphatic carbocycles. The first kappa shape index (κ1) is 16.4. The Bertz CT molecular complexity index is 551. The normalized spacial score (nSPS) is 23.4. The third-order valence-electron chi connectivity index (χ3n) is 3.26. The van der Waals surface area contributed by atoms with Gasteiger partial charge >= 0.3 is 0 Å². The molecule has 21 heavy (non-hydrogen) atoms. The Balaban J connectivity index is 2.14. The second-order valence-corrected chi connectivity index (χ2v) is 6.53. The van der Waals surface area contributed by atoms with Crippen LogP contribution >= 0.6 is 0 Å². The van der Waals surface area contributed by atoms with E-state index in [1.807, 2.05) is 0 Å². The highest BCUT2D eigenvalue weighted by molar-refractivity contribution is 7.89. The standard InChI is InChI=1S/C12H20N2O6S/c1-8-12(9(2)20-13-8)21(16,17)14-10-7-18-5-3-11(10)19-6-4-15/h10-11,14-15H,3-7H2,1-2H3/t10-,11+/m1/s1. The molecule has 0 radical (unpaired) electrons. The number of aromatic nitrogens is 1. The zero-order valence-corrected chi connectivity index (χ0v) is 12.9. The lowest BCUT2D eigenvalue weighted by molar-refractivity contribution is -0.0580. The lowest BCUT2D eigenvalue weighted by atomic mass is 10.1. The van der Waals surface area contributed by atoms with Gasteiger partial charge in [0, 0.05) is 6.61 Å². The van der Waals surface area contributed by atoms with Gasteiger partial charge in [-0.15, -0.1) is 0 Å². The number of aliphatic hydroxyl groups is 1. The Morgan fingerprint density at radius 3 is 2.86 bits per heavy atom. The van der Waals surface area contributed by atoms with Crippen LogP contribution in [0.2, 0.25) is 0 Å². The van der Waals surface area contributed by atoms with Crippen molar-refractivity contribution in [1.29, 1.82) is 0 Å². The molecule has 2 atom stereocenters. The highest BCUT2D eigenvalue weighted by Gasteiger charge is 2.33. The molecule has 2 N–H and O–H groups in total. The number of hydrogen-bond donors (Lipinski definition) is 2. The topological polar surface area (TPSA) is 111 Å². The highest BCUT2D eigenvalue weighted by atomic mass is 32.2. The summed E-state index contributed by atoms with van der Waals surface area (Å²) in [5.74, 6) is 0.240. The van der Waals surface area contributed by atoms with Crippen LogP contribution < -0.4 is 4.72 Å². The van der Waals surface area contributed by atoms with Crippen molar-refractivity contribution in [3.8, 4) is 0 Å². The van der Waals surface area contributed by atoms with E-state index in [2.05, 4.69) is 9.88 Å². The Morgan fingerprint density at radius 2 is 2.24 bits per heavy atom. The van der Waals surface area contributed by atoms with Gasteiger partial charge in [-0.1, -0.05) is 5.16 Å². The van der Waals surface area contributed by atoms with E-state index in [1.54, 1.807) is 13.8 Å². The van der Waals surface area contributed by atoms with Crippen LogP contribution in [0, 0.1) is 13.8 Å². The number of sulfonamides is 1. The number of ether oxygens (including phenoxy) is 2. The first-order chi connectivity index (χ1) is 9.95. The number of nitrogens with one attached hydrogen (secondary N) is 1. The third-order valence-corrected chi connectivity index (χ3v) is 4.99. The van der Waals surface area contributed by atoms with E-state index >= 15 is 0 Å². The van der Waals surface area contributed by atoms with Crippen LogP contribution in [-0.2, 0) is 19.5 Å². The molecule has 0 aromatic carbocycles. The third kappa shape index (κ3) is 3.80. The summed E-state index contributed by atoms with van der Waals surface area (Å²) in [6.07, 6.45) is 0.232. The van der Waals surface area contributed by atoms with Crippen LogP contribution in [0.15, 0.2) is 9.42 Å². The molecule has 1 saturated heterocycles. The number of aliphatic hydroxyl groups excluding tert-OH is 1. The molecule has 8 nitrogen and oxygen atoms in total. The molecule has 2 rings (SSSR count). The largest absolute Gasteiger partial charge is 0.394 e. The summed E-state index contributed by atoms with van der Waals surface area (Å²) >= 11 is 0. The van der Waals surface area contributed by atoms with Crippen molar-refractivity contribution in [1.82, 2.24) is 9.88 Å². The van der Waals surface area contributed by atoms with Crippen molar-refractivity contribution >= 4 is 10.0 Å². The summed E-state index contributed by atoms with van der Waals surface area (Å²) in [7, 11) is -3.76. The summed E-state index contributed by atoms with van der Waals surface area (Å²) < 4.78 is 43.2. The van der Waals surface area contributed by atoms with Gasteiger partial charge in [-0.3, -0.25) is 0 Å². The molecule has 0 amide bonds. The van der Waals surface area contributed by atoms with Crippen molar-refractivity contribution < 1.29 is 27.5 Å². The maximum Gasteiger partial charge on any atom is 0.246 e. The van der Waals surface area contributed by atoms with Gasteiger partial charge < -0.3 is 19.1 Å². The van der Waals surface area contributed by atoms with Crippen LogP contribution in [0.1, 0.15) is 17.9 Å². The highest BCUT2D eigenvalue weighted by Crippen LogP contribution is 2.21. The summed E-state index contributed by atoms with van der Waals surface area (Å²) in [4.78, 5) is 0.0500. The fourth-order valence-corrected chi connectivity index (χ4v) is 3.93. The average Bonchev–Trinajstić information content (AvgIpc) is 2.77. The number of rotatable bonds is 6. The van der Waals surface area contributed by atoms with Gasteiger partial charge in [0.2, 0.25) is 10.0 Å². The van der Waals surface area contributed by atoms with Gasteiger partial charge in [0.05, 0.1) is 32.0 Å². The van der Waals surface area contributed by atoms with Gasteiger partial charge in [-0.2, -0.15) is 0 Å². The molecule has 1 fully saturated rings. The minimum absolute atomic E-state index is 0.0500. The number of hydrogen-bond acceptors (Lipinski definition) is 7. The second kappa shape index (κ2) is 6.84. The zero-order valence-electron chi connectivity index (χ0n) is 12.0. The molecule has 1 aliphatic heterocycles. The van der Waals surface area contributed by atoms with Gasteiger partial charge in [-0.05, 0) is 20.3 Å². The van der Waals surface area contributed by atoms with E-state index in [-0.39, 0.29) is 36.6 Å². The Kier molecular flexibility index (Phi) is 5.33. The molecule has 1 aliphatic rings. The maximum atomic E-state index is 12.5. The molecule has 0 unspecified atom stereocenters. The molecular weight excluding hydrogens is 300 g/mol. The molecular formula is C12H20N2O6S. The van der Waals surface area contributed by atoms with Crippen LogP contribution in [0.3, 0.4) is 0 Å². The van der Waals surface area contributed by atoms with Crippen molar-refractivity contribution in [2.45, 2.75) is 37.3 Å². The maximum absolute atomic E-state index is 12.5. The lowest BCUT2D eigenvalue weighted by Crippen LogP contribution is -2.50. The predicted molar refractivity (Wildman–Crippen MR) is 72.3 cm³/mol. The van der Waals surface area contributed by atoms with Gasteiger partial charge in [0.1, 0.15) is 10.6 Å². The summed E-state index contributed by atoms with van der Waals surface area (Å²) in [6, 6.07) is -0.510. The second-order valence-electron chi connectivity index (χ2n) is 4.88. The minimum atomic E-state index is -3.76. The van der Waals surface area contributed by atoms with E-state index in [0.29, 0.717) is 18.7 Å². The van der Waals surface area contributed by atoms with Crippen molar-refractivity contribution in [2.75, 3.05) is 26.4 Å². The van der Waals surface area contributed by atoms with Crippen molar-refractivity contribution in [3.05, 3.63) is 11.5 Å². The van der Waals surface area contributed by atoms with Crippen LogP contribution in [-0.4, -0.2) is 57.3 Å². The first-order valence-electron chi connectivity index (χ1n) is 6.71. The molecule has 1 aromatic rings. The first-order valence-corrected chi connectivity index (χ1v) is 8.19. The molecule has 0 spiro atoms. The molecule has 0 bridgehead atoms.